The molecule has 3 aromatic rings. The third kappa shape index (κ3) is 4.18. The molecular formula is C17H14FN3OS2. The van der Waals surface area contributed by atoms with Crippen LogP contribution in [0.15, 0.2) is 52.9 Å². The lowest BCUT2D eigenvalue weighted by Gasteiger charge is -2.04. The summed E-state index contributed by atoms with van der Waals surface area (Å²) in [6.07, 6.45) is 0. The summed E-state index contributed by atoms with van der Waals surface area (Å²) >= 11 is 2.53. The van der Waals surface area contributed by atoms with E-state index in [1.165, 1.54) is 35.4 Å². The Balaban J connectivity index is 1.59. The number of rotatable bonds is 5. The highest BCUT2D eigenvalue weighted by Gasteiger charge is 2.11. The number of hydrogen-bond acceptors (Lipinski definition) is 5. The first kappa shape index (κ1) is 16.6. The number of aromatic nitrogens is 2. The van der Waals surface area contributed by atoms with Gasteiger partial charge in [-0.2, -0.15) is 4.37 Å². The molecule has 122 valence electrons. The van der Waals surface area contributed by atoms with Gasteiger partial charge in [-0.25, -0.2) is 9.37 Å². The second-order valence-electron chi connectivity index (χ2n) is 5.07. The molecular weight excluding hydrogens is 345 g/mol. The van der Waals surface area contributed by atoms with Gasteiger partial charge in [-0.3, -0.25) is 4.79 Å². The lowest BCUT2D eigenvalue weighted by molar-refractivity contribution is -0.113. The lowest BCUT2D eigenvalue weighted by atomic mass is 10.1. The molecule has 0 atom stereocenters. The zero-order valence-corrected chi connectivity index (χ0v) is 14.5. The molecule has 7 heteroatoms. The molecule has 1 aromatic heterocycles. The molecule has 24 heavy (non-hydrogen) atoms. The first-order valence-electron chi connectivity index (χ1n) is 7.20. The number of nitrogens with one attached hydrogen (secondary N) is 1. The van der Waals surface area contributed by atoms with E-state index in [0.717, 1.165) is 11.1 Å². The number of thioether (sulfide) groups is 1. The number of aryl methyl sites for hydroxylation is 1. The van der Waals surface area contributed by atoms with Gasteiger partial charge < -0.3 is 5.32 Å². The van der Waals surface area contributed by atoms with E-state index >= 15 is 0 Å². The lowest BCUT2D eigenvalue weighted by Crippen LogP contribution is -2.14. The van der Waals surface area contributed by atoms with Crippen molar-refractivity contribution < 1.29 is 9.18 Å². The molecule has 0 unspecified atom stereocenters. The maximum Gasteiger partial charge on any atom is 0.234 e. The quantitative estimate of drug-likeness (QED) is 0.687. The van der Waals surface area contributed by atoms with Crippen molar-refractivity contribution in [3.05, 3.63) is 59.9 Å². The van der Waals surface area contributed by atoms with Crippen LogP contribution in [0.3, 0.4) is 0 Å². The number of carbonyl (C=O) groups excluding carboxylic acids is 1. The summed E-state index contributed by atoms with van der Waals surface area (Å²) in [4.78, 5) is 16.4. The SMILES string of the molecule is Cc1cccc(-c2nsc(SCC(=O)Nc3ccccc3F)n2)c1. The number of halogens is 1. The highest BCUT2D eigenvalue weighted by molar-refractivity contribution is 8.01. The van der Waals surface area contributed by atoms with Gasteiger partial charge in [0.15, 0.2) is 10.2 Å². The maximum absolute atomic E-state index is 13.5. The van der Waals surface area contributed by atoms with Gasteiger partial charge in [-0.1, -0.05) is 47.7 Å². The summed E-state index contributed by atoms with van der Waals surface area (Å²) in [6, 6.07) is 14.0. The van der Waals surface area contributed by atoms with Crippen LogP contribution in [0.25, 0.3) is 11.4 Å². The molecule has 0 saturated heterocycles. The minimum Gasteiger partial charge on any atom is -0.323 e. The Morgan fingerprint density at radius 1 is 1.25 bits per heavy atom. The molecule has 0 aliphatic rings. The average molecular weight is 359 g/mol. The Labute approximate surface area is 147 Å². The minimum absolute atomic E-state index is 0.150. The van der Waals surface area contributed by atoms with Gasteiger partial charge in [-0.15, -0.1) is 0 Å². The van der Waals surface area contributed by atoms with E-state index in [-0.39, 0.29) is 17.3 Å². The molecule has 2 aromatic carbocycles. The summed E-state index contributed by atoms with van der Waals surface area (Å²) in [5.41, 5.74) is 2.27. The summed E-state index contributed by atoms with van der Waals surface area (Å²) in [5.74, 6) is 0.0724. The van der Waals surface area contributed by atoms with Gasteiger partial charge in [0.05, 0.1) is 11.4 Å². The second kappa shape index (κ2) is 7.55. The van der Waals surface area contributed by atoms with E-state index in [0.29, 0.717) is 10.2 Å². The topological polar surface area (TPSA) is 54.9 Å². The zero-order chi connectivity index (χ0) is 16.9. The molecule has 0 spiro atoms. The van der Waals surface area contributed by atoms with Crippen LogP contribution in [-0.4, -0.2) is 21.0 Å². The second-order valence-corrected chi connectivity index (χ2v) is 7.04. The summed E-state index contributed by atoms with van der Waals surface area (Å²) in [7, 11) is 0. The van der Waals surface area contributed by atoms with Crippen LogP contribution in [0.5, 0.6) is 0 Å². The van der Waals surface area contributed by atoms with Gasteiger partial charge in [0.25, 0.3) is 0 Å². The smallest absolute Gasteiger partial charge is 0.234 e. The van der Waals surface area contributed by atoms with Gasteiger partial charge in [0, 0.05) is 5.56 Å². The van der Waals surface area contributed by atoms with Crippen LogP contribution < -0.4 is 5.32 Å². The number of nitrogens with zero attached hydrogens (tertiary/aromatic N) is 2. The minimum atomic E-state index is -0.450. The molecule has 0 aliphatic carbocycles. The van der Waals surface area contributed by atoms with Crippen molar-refractivity contribution in [2.45, 2.75) is 11.3 Å². The van der Waals surface area contributed by atoms with Crippen LogP contribution in [0.1, 0.15) is 5.56 Å². The van der Waals surface area contributed by atoms with E-state index in [1.807, 2.05) is 31.2 Å². The summed E-state index contributed by atoms with van der Waals surface area (Å²) < 4.78 is 18.5. The molecule has 0 fully saturated rings. The Hall–Kier alpha value is -2.25. The van der Waals surface area contributed by atoms with E-state index in [9.17, 15) is 9.18 Å². The van der Waals surface area contributed by atoms with E-state index in [1.54, 1.807) is 12.1 Å². The number of benzene rings is 2. The first-order valence-corrected chi connectivity index (χ1v) is 8.95. The van der Waals surface area contributed by atoms with E-state index in [4.69, 9.17) is 0 Å². The number of carbonyl (C=O) groups is 1. The Morgan fingerprint density at radius 2 is 2.08 bits per heavy atom. The van der Waals surface area contributed by atoms with Crippen molar-refractivity contribution in [2.75, 3.05) is 11.1 Å². The third-order valence-electron chi connectivity index (χ3n) is 3.16. The molecule has 0 saturated carbocycles. The Bertz CT molecular complexity index is 866. The van der Waals surface area contributed by atoms with Gasteiger partial charge in [0.2, 0.25) is 5.91 Å². The Kier molecular flexibility index (Phi) is 5.22. The third-order valence-corrected chi connectivity index (χ3v) is 4.99. The predicted molar refractivity (Wildman–Crippen MR) is 95.8 cm³/mol. The number of amides is 1. The number of para-hydroxylation sites is 1. The monoisotopic (exact) mass is 359 g/mol. The molecule has 3 rings (SSSR count). The number of hydrogen-bond donors (Lipinski definition) is 1. The van der Waals surface area contributed by atoms with Crippen LogP contribution in [0.2, 0.25) is 0 Å². The molecule has 4 nitrogen and oxygen atoms in total. The molecule has 0 radical (unpaired) electrons. The van der Waals surface area contributed by atoms with Crippen molar-refractivity contribution in [3.8, 4) is 11.4 Å². The number of anilines is 1. The fourth-order valence-electron chi connectivity index (χ4n) is 2.05. The van der Waals surface area contributed by atoms with Gasteiger partial charge in [0.1, 0.15) is 5.82 Å². The molecule has 1 heterocycles. The van der Waals surface area contributed by atoms with Crippen molar-refractivity contribution >= 4 is 34.9 Å². The van der Waals surface area contributed by atoms with Crippen LogP contribution in [0.4, 0.5) is 10.1 Å². The highest BCUT2D eigenvalue weighted by atomic mass is 32.2. The first-order chi connectivity index (χ1) is 11.6. The zero-order valence-electron chi connectivity index (χ0n) is 12.8. The van der Waals surface area contributed by atoms with E-state index < -0.39 is 5.82 Å². The van der Waals surface area contributed by atoms with Crippen LogP contribution >= 0.6 is 23.3 Å². The molecule has 0 bridgehead atoms. The summed E-state index contributed by atoms with van der Waals surface area (Å²) in [6.45, 7) is 2.01. The standard InChI is InChI=1S/C17H14FN3OS2/c1-11-5-4-6-12(9-11)16-20-17(24-21-16)23-10-15(22)19-14-8-3-2-7-13(14)18/h2-9H,10H2,1H3,(H,19,22). The Morgan fingerprint density at radius 3 is 2.88 bits per heavy atom. The maximum atomic E-state index is 13.5. The van der Waals surface area contributed by atoms with Crippen molar-refractivity contribution in [1.82, 2.24) is 9.36 Å². The molecule has 0 aliphatic heterocycles. The van der Waals surface area contributed by atoms with Crippen molar-refractivity contribution in [2.24, 2.45) is 0 Å². The largest absolute Gasteiger partial charge is 0.323 e. The fourth-order valence-corrected chi connectivity index (χ4v) is 3.46. The highest BCUT2D eigenvalue weighted by Crippen LogP contribution is 2.25. The molecule has 1 amide bonds. The normalized spacial score (nSPS) is 10.6. The average Bonchev–Trinajstić information content (AvgIpc) is 3.04. The van der Waals surface area contributed by atoms with Gasteiger partial charge >= 0.3 is 0 Å². The van der Waals surface area contributed by atoms with Crippen LogP contribution in [0, 0.1) is 12.7 Å². The van der Waals surface area contributed by atoms with E-state index in [2.05, 4.69) is 14.7 Å². The predicted octanol–water partition coefficient (Wildman–Crippen LogP) is 4.38. The van der Waals surface area contributed by atoms with Crippen LogP contribution in [-0.2, 0) is 4.79 Å². The van der Waals surface area contributed by atoms with Crippen molar-refractivity contribution in [3.63, 3.8) is 0 Å². The van der Waals surface area contributed by atoms with Gasteiger partial charge in [-0.05, 0) is 36.7 Å². The van der Waals surface area contributed by atoms with Crippen molar-refractivity contribution in [1.29, 1.82) is 0 Å². The molecule has 1 N–H and O–H groups in total. The summed E-state index contributed by atoms with van der Waals surface area (Å²) in [5, 5.41) is 2.55. The fraction of sp³-hybridized carbons (Fsp3) is 0.118.